The molecular weight excluding hydrogens is 293 g/mol. The molecule has 2 aliphatic rings. The minimum absolute atomic E-state index is 0.0366. The van der Waals surface area contributed by atoms with Gasteiger partial charge < -0.3 is 10.2 Å². The fraction of sp³-hybridized carbons (Fsp3) is 0.611. The van der Waals surface area contributed by atoms with E-state index in [-0.39, 0.29) is 11.8 Å². The molecule has 2 bridgehead atoms. The Balaban J connectivity index is 1.58. The van der Waals surface area contributed by atoms with Gasteiger partial charge in [0.25, 0.3) is 0 Å². The summed E-state index contributed by atoms with van der Waals surface area (Å²) < 4.78 is 13.2. The van der Waals surface area contributed by atoms with Crippen LogP contribution in [0.1, 0.15) is 38.7 Å². The van der Waals surface area contributed by atoms with Crippen LogP contribution in [0.5, 0.6) is 0 Å². The van der Waals surface area contributed by atoms with Gasteiger partial charge in [-0.25, -0.2) is 9.18 Å². The third kappa shape index (κ3) is 3.66. The lowest BCUT2D eigenvalue weighted by Gasteiger charge is -2.32. The van der Waals surface area contributed by atoms with Crippen molar-refractivity contribution in [3.8, 4) is 0 Å². The molecule has 1 aromatic carbocycles. The highest BCUT2D eigenvalue weighted by molar-refractivity contribution is 5.74. The van der Waals surface area contributed by atoms with E-state index in [4.69, 9.17) is 0 Å². The number of nitrogens with zero attached hydrogens (tertiary/aromatic N) is 2. The molecule has 5 heteroatoms. The number of likely N-dealkylation sites (tertiary alicyclic amines) is 1. The minimum atomic E-state index is -0.267. The summed E-state index contributed by atoms with van der Waals surface area (Å²) in [6.07, 6.45) is 3.47. The Morgan fingerprint density at radius 1 is 1.30 bits per heavy atom. The summed E-state index contributed by atoms with van der Waals surface area (Å²) in [5, 5.41) is 2.93. The molecule has 1 aromatic rings. The molecule has 2 saturated heterocycles. The van der Waals surface area contributed by atoms with Gasteiger partial charge in [0.1, 0.15) is 5.82 Å². The van der Waals surface area contributed by atoms with Crippen molar-refractivity contribution >= 4 is 6.03 Å². The lowest BCUT2D eigenvalue weighted by Crippen LogP contribution is -2.46. The highest BCUT2D eigenvalue weighted by Gasteiger charge is 2.39. The molecule has 0 saturated carbocycles. The molecule has 2 unspecified atom stereocenters. The summed E-state index contributed by atoms with van der Waals surface area (Å²) >= 11 is 0. The first kappa shape index (κ1) is 16.2. The first-order valence-electron chi connectivity index (χ1n) is 8.59. The number of amides is 2. The Kier molecular flexibility index (Phi) is 4.85. The van der Waals surface area contributed by atoms with Gasteiger partial charge in [-0.1, -0.05) is 12.1 Å². The lowest BCUT2D eigenvalue weighted by molar-refractivity contribution is 0.147. The summed E-state index contributed by atoms with van der Waals surface area (Å²) in [7, 11) is 0. The van der Waals surface area contributed by atoms with E-state index in [1.165, 1.54) is 25.0 Å². The Bertz CT molecular complexity index is 563. The zero-order valence-electron chi connectivity index (χ0n) is 14.0. The van der Waals surface area contributed by atoms with Gasteiger partial charge >= 0.3 is 6.03 Å². The molecule has 2 fully saturated rings. The molecule has 0 radical (unpaired) electrons. The zero-order chi connectivity index (χ0) is 16.4. The number of carbonyl (C=O) groups is 1. The number of carbonyl (C=O) groups excluding carboxylic acids is 1. The van der Waals surface area contributed by atoms with Crippen LogP contribution >= 0.6 is 0 Å². The van der Waals surface area contributed by atoms with Crippen LogP contribution in [0.2, 0.25) is 0 Å². The van der Waals surface area contributed by atoms with Crippen LogP contribution in [0.25, 0.3) is 0 Å². The average Bonchev–Trinajstić information content (AvgIpc) is 2.79. The van der Waals surface area contributed by atoms with Gasteiger partial charge in [0.2, 0.25) is 0 Å². The molecule has 126 valence electrons. The molecule has 2 atom stereocenters. The van der Waals surface area contributed by atoms with Crippen LogP contribution in [-0.4, -0.2) is 47.0 Å². The van der Waals surface area contributed by atoms with Crippen molar-refractivity contribution in [1.29, 1.82) is 0 Å². The SMILES string of the molecule is CC(C)N1C2CCC1CN(C(=O)NCc1cccc(F)c1)CC2. The first-order valence-corrected chi connectivity index (χ1v) is 8.59. The molecule has 2 aliphatic heterocycles. The molecule has 3 rings (SSSR count). The molecule has 0 spiro atoms. The number of hydrogen-bond acceptors (Lipinski definition) is 2. The molecule has 2 heterocycles. The summed E-state index contributed by atoms with van der Waals surface area (Å²) in [5.41, 5.74) is 0.790. The third-order valence-electron chi connectivity index (χ3n) is 5.06. The van der Waals surface area contributed by atoms with Crippen molar-refractivity contribution in [2.75, 3.05) is 13.1 Å². The second-order valence-electron chi connectivity index (χ2n) is 6.95. The summed E-state index contributed by atoms with van der Waals surface area (Å²) in [4.78, 5) is 17.0. The van der Waals surface area contributed by atoms with Crippen molar-refractivity contribution < 1.29 is 9.18 Å². The number of urea groups is 1. The smallest absolute Gasteiger partial charge is 0.317 e. The molecule has 4 nitrogen and oxygen atoms in total. The van der Waals surface area contributed by atoms with E-state index >= 15 is 0 Å². The van der Waals surface area contributed by atoms with E-state index in [1.807, 2.05) is 11.0 Å². The summed E-state index contributed by atoms with van der Waals surface area (Å²) in [6, 6.07) is 7.95. The van der Waals surface area contributed by atoms with Gasteiger partial charge in [-0.3, -0.25) is 4.90 Å². The normalized spacial score (nSPS) is 24.8. The van der Waals surface area contributed by atoms with E-state index in [0.29, 0.717) is 24.7 Å². The minimum Gasteiger partial charge on any atom is -0.334 e. The van der Waals surface area contributed by atoms with E-state index in [9.17, 15) is 9.18 Å². The number of nitrogens with one attached hydrogen (secondary N) is 1. The maximum atomic E-state index is 13.2. The quantitative estimate of drug-likeness (QED) is 0.930. The van der Waals surface area contributed by atoms with E-state index in [1.54, 1.807) is 6.07 Å². The second-order valence-corrected chi connectivity index (χ2v) is 6.95. The standard InChI is InChI=1S/C18H26FN3O/c1-13(2)22-16-6-7-17(22)12-21(9-8-16)18(23)20-11-14-4-3-5-15(19)10-14/h3-5,10,13,16-17H,6-9,11-12H2,1-2H3,(H,20,23). The van der Waals surface area contributed by atoms with Gasteiger partial charge in [0.05, 0.1) is 0 Å². The Hall–Kier alpha value is -1.62. The Labute approximate surface area is 137 Å². The lowest BCUT2D eigenvalue weighted by atomic mass is 10.1. The predicted molar refractivity (Wildman–Crippen MR) is 88.6 cm³/mol. The van der Waals surface area contributed by atoms with Crippen LogP contribution in [0.15, 0.2) is 24.3 Å². The van der Waals surface area contributed by atoms with E-state index < -0.39 is 0 Å². The molecular formula is C18H26FN3O. The molecule has 0 aliphatic carbocycles. The average molecular weight is 319 g/mol. The topological polar surface area (TPSA) is 35.6 Å². The Morgan fingerprint density at radius 2 is 2.09 bits per heavy atom. The van der Waals surface area contributed by atoms with Gasteiger partial charge in [0.15, 0.2) is 0 Å². The molecule has 23 heavy (non-hydrogen) atoms. The van der Waals surface area contributed by atoms with Gasteiger partial charge in [-0.05, 0) is 50.8 Å². The van der Waals surface area contributed by atoms with Crippen molar-refractivity contribution in [2.45, 2.75) is 57.8 Å². The fourth-order valence-electron chi connectivity index (χ4n) is 4.07. The fourth-order valence-corrected chi connectivity index (χ4v) is 4.07. The zero-order valence-corrected chi connectivity index (χ0v) is 14.0. The summed E-state index contributed by atoms with van der Waals surface area (Å²) in [6.45, 7) is 6.45. The number of hydrogen-bond donors (Lipinski definition) is 1. The van der Waals surface area contributed by atoms with Gasteiger partial charge in [0, 0.05) is 37.8 Å². The number of fused-ring (bicyclic) bond motifs is 2. The third-order valence-corrected chi connectivity index (χ3v) is 5.06. The number of benzene rings is 1. The maximum Gasteiger partial charge on any atom is 0.317 e. The highest BCUT2D eigenvalue weighted by Crippen LogP contribution is 2.31. The second kappa shape index (κ2) is 6.87. The van der Waals surface area contributed by atoms with Crippen molar-refractivity contribution in [3.05, 3.63) is 35.6 Å². The maximum absolute atomic E-state index is 13.2. The monoisotopic (exact) mass is 319 g/mol. The molecule has 1 N–H and O–H groups in total. The van der Waals surface area contributed by atoms with Crippen LogP contribution in [0.3, 0.4) is 0 Å². The van der Waals surface area contributed by atoms with Gasteiger partial charge in [-0.15, -0.1) is 0 Å². The number of rotatable bonds is 3. The first-order chi connectivity index (χ1) is 11.0. The highest BCUT2D eigenvalue weighted by atomic mass is 19.1. The van der Waals surface area contributed by atoms with Gasteiger partial charge in [-0.2, -0.15) is 0 Å². The number of halogens is 1. The molecule has 0 aromatic heterocycles. The largest absolute Gasteiger partial charge is 0.334 e. The summed E-state index contributed by atoms with van der Waals surface area (Å²) in [5.74, 6) is -0.267. The van der Waals surface area contributed by atoms with Crippen molar-refractivity contribution in [1.82, 2.24) is 15.1 Å². The van der Waals surface area contributed by atoms with Crippen LogP contribution in [0, 0.1) is 5.82 Å². The van der Waals surface area contributed by atoms with Crippen LogP contribution in [-0.2, 0) is 6.54 Å². The Morgan fingerprint density at radius 3 is 2.83 bits per heavy atom. The van der Waals surface area contributed by atoms with Crippen molar-refractivity contribution in [3.63, 3.8) is 0 Å². The van der Waals surface area contributed by atoms with E-state index in [2.05, 4.69) is 24.1 Å². The van der Waals surface area contributed by atoms with Crippen molar-refractivity contribution in [2.24, 2.45) is 0 Å². The van der Waals surface area contributed by atoms with E-state index in [0.717, 1.165) is 25.1 Å². The van der Waals surface area contributed by atoms with Crippen LogP contribution in [0.4, 0.5) is 9.18 Å². The van der Waals surface area contributed by atoms with Crippen LogP contribution < -0.4 is 5.32 Å². The predicted octanol–water partition coefficient (Wildman–Crippen LogP) is 2.98. The molecule has 2 amide bonds.